The summed E-state index contributed by atoms with van der Waals surface area (Å²) in [6.45, 7) is 1.80. The molecule has 30 heavy (non-hydrogen) atoms. The summed E-state index contributed by atoms with van der Waals surface area (Å²) in [5.41, 5.74) is 9.16. The zero-order valence-corrected chi connectivity index (χ0v) is 16.7. The number of ketones is 1. The molecule has 0 saturated heterocycles. The average molecular weight is 407 g/mol. The van der Waals surface area contributed by atoms with Crippen molar-refractivity contribution in [3.05, 3.63) is 89.0 Å². The van der Waals surface area contributed by atoms with Gasteiger partial charge in [-0.3, -0.25) is 9.78 Å². The van der Waals surface area contributed by atoms with Crippen LogP contribution in [0.15, 0.2) is 65.9 Å². The summed E-state index contributed by atoms with van der Waals surface area (Å²) in [5, 5.41) is 0. The number of methoxy groups -OCH3 is 2. The second kappa shape index (κ2) is 9.65. The van der Waals surface area contributed by atoms with Crippen LogP contribution in [0.3, 0.4) is 0 Å². The molecule has 0 bridgehead atoms. The summed E-state index contributed by atoms with van der Waals surface area (Å²) in [7, 11) is -1.12. The number of carbonyl (C=O) groups excluding carboxylic acids is 1. The number of aliphatic imine (C=N–C) groups is 1. The van der Waals surface area contributed by atoms with Gasteiger partial charge in [0.25, 0.3) is 6.02 Å². The smallest absolute Gasteiger partial charge is 0.282 e. The molecule has 1 aromatic heterocycles. The molecule has 0 fully saturated rings. The van der Waals surface area contributed by atoms with E-state index in [1.807, 2.05) is 24.3 Å². The zero-order valence-electron chi connectivity index (χ0n) is 19.7. The molecule has 3 rings (SSSR count). The largest absolute Gasteiger partial charge is 0.497 e. The van der Waals surface area contributed by atoms with Gasteiger partial charge < -0.3 is 15.2 Å². The molecule has 1 unspecified atom stereocenters. The number of carbonyl (C=O) groups is 1. The quantitative estimate of drug-likeness (QED) is 0.367. The Hall–Kier alpha value is -3.74. The summed E-state index contributed by atoms with van der Waals surface area (Å²) in [4.78, 5) is 25.3. The Kier molecular flexibility index (Phi) is 5.51. The van der Waals surface area contributed by atoms with Gasteiger partial charge in [-0.25, -0.2) is 9.98 Å². The van der Waals surface area contributed by atoms with Gasteiger partial charge in [0.1, 0.15) is 17.5 Å². The monoisotopic (exact) mass is 407 g/mol. The van der Waals surface area contributed by atoms with Crippen molar-refractivity contribution in [1.29, 1.82) is 0 Å². The molecule has 2 N–H and O–H groups in total. The molecule has 0 aliphatic carbocycles. The minimum absolute atomic E-state index is 0.0146. The lowest BCUT2D eigenvalue weighted by Crippen LogP contribution is -2.16. The summed E-state index contributed by atoms with van der Waals surface area (Å²) in [6, 6.07) is 13.4. The van der Waals surface area contributed by atoms with E-state index in [1.54, 1.807) is 37.4 Å². The van der Waals surface area contributed by atoms with Crippen LogP contribution in [0, 0.1) is 6.92 Å². The standard InChI is InChI=1S/C23H24N4O3/c1-15-13-26-20(14-25-15)21(28)12-16-5-4-6-18(11-16)22(27-23(24)30-3)17-7-9-19(29-2)10-8-17/h4-11,13-14,22H,12H2,1-3H3,(H2,24,27)/i2D3. The number of hydrogen-bond donors (Lipinski definition) is 1. The maximum absolute atomic E-state index is 12.6. The van der Waals surface area contributed by atoms with E-state index in [0.29, 0.717) is 5.69 Å². The van der Waals surface area contributed by atoms with E-state index in [9.17, 15) is 4.79 Å². The maximum atomic E-state index is 12.6. The number of Topliss-reactive ketones (excluding diaryl/α,β-unsaturated/α-hetero) is 1. The van der Waals surface area contributed by atoms with Gasteiger partial charge in [-0.2, -0.15) is 0 Å². The van der Waals surface area contributed by atoms with Gasteiger partial charge in [0.2, 0.25) is 0 Å². The van der Waals surface area contributed by atoms with Crippen LogP contribution in [0.2, 0.25) is 0 Å². The van der Waals surface area contributed by atoms with Crippen LogP contribution < -0.4 is 10.5 Å². The van der Waals surface area contributed by atoms with Crippen LogP contribution in [0.4, 0.5) is 0 Å². The fraction of sp³-hybridized carbons (Fsp3) is 0.217. The highest BCUT2D eigenvalue weighted by Crippen LogP contribution is 2.28. The van der Waals surface area contributed by atoms with Crippen LogP contribution >= 0.6 is 0 Å². The molecular formula is C23H24N4O3. The predicted molar refractivity (Wildman–Crippen MR) is 115 cm³/mol. The normalized spacial score (nSPS) is 14.2. The summed E-state index contributed by atoms with van der Waals surface area (Å²) in [6.07, 6.45) is 3.17. The third-order valence-corrected chi connectivity index (χ3v) is 4.48. The first kappa shape index (κ1) is 17.1. The van der Waals surface area contributed by atoms with Crippen molar-refractivity contribution in [2.45, 2.75) is 19.4 Å². The summed E-state index contributed by atoms with van der Waals surface area (Å²) in [5.74, 6) is 0.0574. The van der Waals surface area contributed by atoms with E-state index < -0.39 is 13.1 Å². The van der Waals surface area contributed by atoms with Crippen LogP contribution in [0.25, 0.3) is 0 Å². The Balaban J connectivity index is 1.89. The van der Waals surface area contributed by atoms with Crippen LogP contribution in [-0.4, -0.2) is 35.9 Å². The van der Waals surface area contributed by atoms with Crippen LogP contribution in [-0.2, 0) is 11.2 Å². The number of hydrogen-bond acceptors (Lipinski definition) is 6. The molecule has 0 radical (unpaired) electrons. The molecular weight excluding hydrogens is 380 g/mol. The topological polar surface area (TPSA) is 99.7 Å². The highest BCUT2D eigenvalue weighted by Gasteiger charge is 2.16. The zero-order chi connectivity index (χ0) is 24.0. The van der Waals surface area contributed by atoms with E-state index in [2.05, 4.69) is 15.0 Å². The molecule has 154 valence electrons. The highest BCUT2D eigenvalue weighted by molar-refractivity contribution is 5.95. The van der Waals surface area contributed by atoms with E-state index >= 15 is 0 Å². The third kappa shape index (κ3) is 5.20. The fourth-order valence-electron chi connectivity index (χ4n) is 2.93. The molecule has 2 aromatic carbocycles. The number of aromatic nitrogens is 2. The number of amidine groups is 1. The van der Waals surface area contributed by atoms with Crippen molar-refractivity contribution in [3.8, 4) is 5.75 Å². The lowest BCUT2D eigenvalue weighted by Gasteiger charge is -2.16. The molecule has 0 amide bonds. The van der Waals surface area contributed by atoms with E-state index in [0.717, 1.165) is 22.4 Å². The van der Waals surface area contributed by atoms with Crippen molar-refractivity contribution >= 4 is 11.8 Å². The first-order valence-corrected chi connectivity index (χ1v) is 9.21. The molecule has 0 spiro atoms. The highest BCUT2D eigenvalue weighted by atomic mass is 16.5. The lowest BCUT2D eigenvalue weighted by atomic mass is 9.96. The maximum Gasteiger partial charge on any atom is 0.282 e. The average Bonchev–Trinajstić information content (AvgIpc) is 2.77. The van der Waals surface area contributed by atoms with Crippen LogP contribution in [0.1, 0.15) is 43.0 Å². The van der Waals surface area contributed by atoms with Crippen molar-refractivity contribution in [1.82, 2.24) is 9.97 Å². The fourth-order valence-corrected chi connectivity index (χ4v) is 2.93. The van der Waals surface area contributed by atoms with E-state index in [4.69, 9.17) is 19.3 Å². The Morgan fingerprint density at radius 1 is 1.17 bits per heavy atom. The first-order valence-electron chi connectivity index (χ1n) is 10.7. The molecule has 0 aliphatic rings. The molecule has 7 nitrogen and oxygen atoms in total. The number of nitrogens with zero attached hydrogens (tertiary/aromatic N) is 3. The van der Waals surface area contributed by atoms with Crippen molar-refractivity contribution in [2.24, 2.45) is 10.7 Å². The van der Waals surface area contributed by atoms with Crippen molar-refractivity contribution < 1.29 is 18.4 Å². The van der Waals surface area contributed by atoms with Gasteiger partial charge in [0.05, 0.1) is 30.2 Å². The Bertz CT molecular complexity index is 1130. The first-order chi connectivity index (χ1) is 15.6. The SMILES string of the molecule is [2H]C([2H])([2H])Oc1ccc(C(N=C(N)OC)c2cccc(CC(=O)c3cnc(C)cn3)c2)cc1. The summed E-state index contributed by atoms with van der Waals surface area (Å²) < 4.78 is 31.7. The number of nitrogens with two attached hydrogens (primary N) is 1. The van der Waals surface area contributed by atoms with Gasteiger partial charge in [-0.1, -0.05) is 36.4 Å². The van der Waals surface area contributed by atoms with Crippen LogP contribution in [0.5, 0.6) is 5.75 Å². The van der Waals surface area contributed by atoms with Gasteiger partial charge >= 0.3 is 0 Å². The van der Waals surface area contributed by atoms with E-state index in [-0.39, 0.29) is 24.0 Å². The van der Waals surface area contributed by atoms with Crippen molar-refractivity contribution in [2.75, 3.05) is 14.1 Å². The molecule has 7 heteroatoms. The summed E-state index contributed by atoms with van der Waals surface area (Å²) >= 11 is 0. The number of benzene rings is 2. The van der Waals surface area contributed by atoms with Gasteiger partial charge in [0.15, 0.2) is 5.78 Å². The van der Waals surface area contributed by atoms with Gasteiger partial charge in [0, 0.05) is 12.6 Å². The molecule has 1 atom stereocenters. The Morgan fingerprint density at radius 3 is 2.63 bits per heavy atom. The minimum atomic E-state index is -2.54. The van der Waals surface area contributed by atoms with Gasteiger partial charge in [-0.15, -0.1) is 0 Å². The Morgan fingerprint density at radius 2 is 1.97 bits per heavy atom. The lowest BCUT2D eigenvalue weighted by molar-refractivity contribution is 0.0988. The minimum Gasteiger partial charge on any atom is -0.497 e. The second-order valence-corrected chi connectivity index (χ2v) is 6.63. The Labute approximate surface area is 179 Å². The second-order valence-electron chi connectivity index (χ2n) is 6.63. The third-order valence-electron chi connectivity index (χ3n) is 4.48. The molecule has 0 saturated carbocycles. The number of ether oxygens (including phenoxy) is 2. The number of aryl methyl sites for hydroxylation is 1. The van der Waals surface area contributed by atoms with Crippen molar-refractivity contribution in [3.63, 3.8) is 0 Å². The van der Waals surface area contributed by atoms with E-state index in [1.165, 1.54) is 13.3 Å². The molecule has 3 aromatic rings. The molecule has 1 heterocycles. The number of rotatable bonds is 7. The predicted octanol–water partition coefficient (Wildman–Crippen LogP) is 3.27. The van der Waals surface area contributed by atoms with Gasteiger partial charge in [-0.05, 0) is 35.7 Å². The molecule has 0 aliphatic heterocycles.